The summed E-state index contributed by atoms with van der Waals surface area (Å²) < 4.78 is 1.39. The zero-order valence-electron chi connectivity index (χ0n) is 12.5. The Hall–Kier alpha value is 0.0300. The minimum atomic E-state index is -1.06. The van der Waals surface area contributed by atoms with Crippen molar-refractivity contribution in [2.75, 3.05) is 32.7 Å². The highest BCUT2D eigenvalue weighted by Gasteiger charge is 2.28. The van der Waals surface area contributed by atoms with Gasteiger partial charge >= 0.3 is 0 Å². The van der Waals surface area contributed by atoms with Crippen molar-refractivity contribution in [1.82, 2.24) is 10.2 Å². The van der Waals surface area contributed by atoms with Gasteiger partial charge in [0.15, 0.2) is 0 Å². The van der Waals surface area contributed by atoms with E-state index in [4.69, 9.17) is 15.9 Å². The first-order valence-corrected chi connectivity index (χ1v) is 9.80. The number of nitrogens with one attached hydrogen (secondary N) is 1. The number of rotatable bonds is 6. The lowest BCUT2D eigenvalue weighted by Gasteiger charge is -2.23. The van der Waals surface area contributed by atoms with Crippen LogP contribution in [0.25, 0.3) is 0 Å². The Kier molecular flexibility index (Phi) is 8.88. The predicted octanol–water partition coefficient (Wildman–Crippen LogP) is 0.187. The predicted molar refractivity (Wildman–Crippen MR) is 114 cm³/mol. The number of hydrogen-bond donors (Lipinski definition) is 5. The number of amides is 2. The van der Waals surface area contributed by atoms with E-state index >= 15 is 0 Å². The van der Waals surface area contributed by atoms with E-state index < -0.39 is 31.3 Å². The van der Waals surface area contributed by atoms with Gasteiger partial charge in [-0.15, -0.1) is 0 Å². The molecule has 1 rings (SSSR count). The second kappa shape index (κ2) is 9.65. The van der Waals surface area contributed by atoms with Crippen molar-refractivity contribution >= 4 is 85.3 Å². The molecule has 0 aliphatic carbocycles. The topological polar surface area (TPSA) is 136 Å². The molecule has 0 bridgehead atoms. The Labute approximate surface area is 179 Å². The molecule has 11 heteroatoms. The lowest BCUT2D eigenvalue weighted by Crippen LogP contribution is -2.37. The number of aliphatic hydroxyl groups excluding tert-OH is 3. The summed E-state index contributed by atoms with van der Waals surface area (Å²) in [6, 6.07) is 0. The van der Waals surface area contributed by atoms with Crippen LogP contribution in [0.3, 0.4) is 0 Å². The van der Waals surface area contributed by atoms with Gasteiger partial charge < -0.3 is 31.3 Å². The first-order valence-electron chi connectivity index (χ1n) is 6.56. The fourth-order valence-electron chi connectivity index (χ4n) is 1.88. The molecule has 8 nitrogen and oxygen atoms in total. The van der Waals surface area contributed by atoms with Gasteiger partial charge in [0.05, 0.1) is 36.7 Å². The zero-order chi connectivity index (χ0) is 18.6. The third kappa shape index (κ3) is 4.80. The molecule has 0 aliphatic rings. The van der Waals surface area contributed by atoms with E-state index in [0.717, 1.165) is 0 Å². The van der Waals surface area contributed by atoms with Crippen LogP contribution in [0.1, 0.15) is 20.7 Å². The van der Waals surface area contributed by atoms with Crippen molar-refractivity contribution in [3.63, 3.8) is 0 Å². The normalized spacial score (nSPS) is 12.0. The van der Waals surface area contributed by atoms with Gasteiger partial charge in [0, 0.05) is 17.2 Å². The van der Waals surface area contributed by atoms with Gasteiger partial charge in [-0.05, 0) is 67.8 Å². The van der Waals surface area contributed by atoms with Crippen LogP contribution < -0.4 is 11.1 Å². The van der Waals surface area contributed by atoms with E-state index in [2.05, 4.69) is 5.32 Å². The number of likely N-dealkylation sites (N-methyl/N-ethyl adjacent to an activating group) is 1. The lowest BCUT2D eigenvalue weighted by atomic mass is 10.1. The van der Waals surface area contributed by atoms with Crippen LogP contribution in [0.2, 0.25) is 0 Å². The molecule has 0 aromatic heterocycles. The molecule has 24 heavy (non-hydrogen) atoms. The Morgan fingerprint density at radius 2 is 1.71 bits per heavy atom. The van der Waals surface area contributed by atoms with Gasteiger partial charge in [-0.25, -0.2) is 0 Å². The number of carbonyl (C=O) groups excluding carboxylic acids is 2. The number of halogens is 3. The van der Waals surface area contributed by atoms with Gasteiger partial charge in [-0.2, -0.15) is 0 Å². The first kappa shape index (κ1) is 22.1. The van der Waals surface area contributed by atoms with Crippen molar-refractivity contribution in [1.29, 1.82) is 0 Å². The third-order valence-corrected chi connectivity index (χ3v) is 6.39. The lowest BCUT2D eigenvalue weighted by molar-refractivity contribution is 0.0519. The number of anilines is 1. The van der Waals surface area contributed by atoms with Crippen LogP contribution >= 0.6 is 67.8 Å². The van der Waals surface area contributed by atoms with Crippen molar-refractivity contribution in [2.45, 2.75) is 6.10 Å². The number of nitrogens with two attached hydrogens (primary N) is 1. The van der Waals surface area contributed by atoms with E-state index in [-0.39, 0.29) is 17.7 Å². The summed E-state index contributed by atoms with van der Waals surface area (Å²) in [5, 5.41) is 29.6. The largest absolute Gasteiger partial charge is 0.397 e. The van der Waals surface area contributed by atoms with E-state index in [1.807, 2.05) is 67.8 Å². The SMILES string of the molecule is CN(CC(O)CO)C(=O)c1c(I)c(N)c(I)c(C(=O)NCO)c1I. The summed E-state index contributed by atoms with van der Waals surface area (Å²) in [6.07, 6.45) is -1.06. The minimum absolute atomic E-state index is 0.0639. The molecule has 0 saturated carbocycles. The Balaban J connectivity index is 3.43. The van der Waals surface area contributed by atoms with Gasteiger partial charge in [-0.3, -0.25) is 9.59 Å². The molecule has 1 unspecified atom stereocenters. The molecule has 0 spiro atoms. The fourth-order valence-corrected chi connectivity index (χ4v) is 6.00. The van der Waals surface area contributed by atoms with E-state index in [9.17, 15) is 14.7 Å². The zero-order valence-corrected chi connectivity index (χ0v) is 19.0. The maximum Gasteiger partial charge on any atom is 0.255 e. The number of hydrogen-bond acceptors (Lipinski definition) is 6. The number of benzene rings is 1. The monoisotopic (exact) mass is 675 g/mol. The number of carbonyl (C=O) groups is 2. The average molecular weight is 675 g/mol. The maximum atomic E-state index is 12.7. The molecular weight excluding hydrogens is 659 g/mol. The quantitative estimate of drug-likeness (QED) is 0.166. The minimum Gasteiger partial charge on any atom is -0.397 e. The summed E-state index contributed by atoms with van der Waals surface area (Å²) >= 11 is 5.74. The summed E-state index contributed by atoms with van der Waals surface area (Å²) in [4.78, 5) is 26.2. The highest BCUT2D eigenvalue weighted by atomic mass is 127. The van der Waals surface area contributed by atoms with Crippen molar-refractivity contribution in [3.05, 3.63) is 21.8 Å². The molecule has 134 valence electrons. The van der Waals surface area contributed by atoms with Crippen LogP contribution in [-0.4, -0.2) is 65.1 Å². The van der Waals surface area contributed by atoms with E-state index in [1.54, 1.807) is 0 Å². The molecular formula is C13H16I3N3O5. The van der Waals surface area contributed by atoms with Crippen LogP contribution in [0, 0.1) is 10.7 Å². The highest BCUT2D eigenvalue weighted by Crippen LogP contribution is 2.34. The molecule has 0 fully saturated rings. The molecule has 2 amide bonds. The molecule has 1 aromatic carbocycles. The summed E-state index contributed by atoms with van der Waals surface area (Å²) in [7, 11) is 1.48. The fraction of sp³-hybridized carbons (Fsp3) is 0.385. The molecule has 0 heterocycles. The molecule has 0 aliphatic heterocycles. The van der Waals surface area contributed by atoms with Crippen molar-refractivity contribution in [2.24, 2.45) is 0 Å². The van der Waals surface area contributed by atoms with Crippen LogP contribution in [0.5, 0.6) is 0 Å². The smallest absolute Gasteiger partial charge is 0.255 e. The summed E-state index contributed by atoms with van der Waals surface area (Å²) in [5.74, 6) is -0.973. The maximum absolute atomic E-state index is 12.7. The Morgan fingerprint density at radius 3 is 2.21 bits per heavy atom. The van der Waals surface area contributed by atoms with Gasteiger partial charge in [-0.1, -0.05) is 0 Å². The standard InChI is InChI=1S/C13H16I3N3O5/c1-19(2-5(22)3-20)13(24)7-8(14)6(12(23)18-4-21)9(15)11(17)10(7)16/h5,20-22H,2-4,17H2,1H3,(H,18,23). The number of aliphatic hydroxyl groups is 3. The highest BCUT2D eigenvalue weighted by molar-refractivity contribution is 14.1. The first-order chi connectivity index (χ1) is 11.2. The van der Waals surface area contributed by atoms with E-state index in [1.165, 1.54) is 11.9 Å². The van der Waals surface area contributed by atoms with Crippen LogP contribution in [0.15, 0.2) is 0 Å². The van der Waals surface area contributed by atoms with Gasteiger partial charge in [0.2, 0.25) is 0 Å². The third-order valence-electron chi connectivity index (χ3n) is 3.07. The molecule has 0 saturated heterocycles. The average Bonchev–Trinajstić information content (AvgIpc) is 2.52. The van der Waals surface area contributed by atoms with Crippen molar-refractivity contribution in [3.8, 4) is 0 Å². The molecule has 1 atom stereocenters. The Bertz CT molecular complexity index is 656. The molecule has 1 aromatic rings. The van der Waals surface area contributed by atoms with Crippen molar-refractivity contribution < 1.29 is 24.9 Å². The van der Waals surface area contributed by atoms with Gasteiger partial charge in [0.1, 0.15) is 6.73 Å². The number of nitrogen functional groups attached to an aromatic ring is 1. The second-order valence-corrected chi connectivity index (χ2v) is 8.03. The van der Waals surface area contributed by atoms with E-state index in [0.29, 0.717) is 16.4 Å². The molecule has 0 radical (unpaired) electrons. The van der Waals surface area contributed by atoms with Crippen LogP contribution in [-0.2, 0) is 0 Å². The Morgan fingerprint density at radius 1 is 1.17 bits per heavy atom. The van der Waals surface area contributed by atoms with Crippen LogP contribution in [0.4, 0.5) is 5.69 Å². The van der Waals surface area contributed by atoms with Gasteiger partial charge in [0.25, 0.3) is 11.8 Å². The summed E-state index contributed by atoms with van der Waals surface area (Å²) in [5.41, 5.74) is 6.77. The summed E-state index contributed by atoms with van der Waals surface area (Å²) in [6.45, 7) is -1.07. The second-order valence-electron chi connectivity index (χ2n) is 4.79. The molecule has 6 N–H and O–H groups in total. The number of nitrogens with zero attached hydrogens (tertiary/aromatic N) is 1.